The molecule has 0 saturated carbocycles. The molecule has 3 rings (SSSR count). The fourth-order valence-corrected chi connectivity index (χ4v) is 3.95. The Kier molecular flexibility index (Phi) is 7.89. The van der Waals surface area contributed by atoms with E-state index in [1.54, 1.807) is 0 Å². The number of hydrogen-bond donors (Lipinski definition) is 1. The van der Waals surface area contributed by atoms with Gasteiger partial charge in [0.25, 0.3) is 5.91 Å². The second-order valence-electron chi connectivity index (χ2n) is 7.85. The number of rotatable bonds is 8. The van der Waals surface area contributed by atoms with Gasteiger partial charge < -0.3 is 15.0 Å². The molecule has 1 aliphatic rings. The lowest BCUT2D eigenvalue weighted by Crippen LogP contribution is -2.48. The first-order chi connectivity index (χ1) is 14.6. The second-order valence-corrected chi connectivity index (χ2v) is 7.85. The van der Waals surface area contributed by atoms with Crippen molar-refractivity contribution >= 4 is 11.8 Å². The number of nitrogens with zero attached hydrogens (tertiary/aromatic N) is 1. The topological polar surface area (TPSA) is 58.6 Å². The highest BCUT2D eigenvalue weighted by atomic mass is 16.5. The fourth-order valence-electron chi connectivity index (χ4n) is 3.95. The lowest BCUT2D eigenvalue weighted by atomic mass is 9.98. The summed E-state index contributed by atoms with van der Waals surface area (Å²) in [6, 6.07) is 17.2. The van der Waals surface area contributed by atoms with Crippen LogP contribution in [-0.2, 0) is 11.4 Å². The zero-order valence-electron chi connectivity index (χ0n) is 18.0. The number of piperidine rings is 1. The molecule has 0 aliphatic carbocycles. The normalized spacial score (nSPS) is 14.6. The van der Waals surface area contributed by atoms with E-state index < -0.39 is 0 Å². The van der Waals surface area contributed by atoms with Gasteiger partial charge in [0.15, 0.2) is 0 Å². The molecular formula is C25H32N2O3. The maximum Gasteiger partial charge on any atom is 0.251 e. The van der Waals surface area contributed by atoms with E-state index >= 15 is 0 Å². The first-order valence-corrected chi connectivity index (χ1v) is 11.0. The van der Waals surface area contributed by atoms with Crippen LogP contribution in [0.15, 0.2) is 54.6 Å². The summed E-state index contributed by atoms with van der Waals surface area (Å²) >= 11 is 0. The predicted molar refractivity (Wildman–Crippen MR) is 118 cm³/mol. The molecule has 2 aromatic rings. The number of carbonyl (C=O) groups excluding carboxylic acids is 2. The Morgan fingerprint density at radius 3 is 2.30 bits per heavy atom. The molecule has 1 N–H and O–H groups in total. The summed E-state index contributed by atoms with van der Waals surface area (Å²) in [5.74, 6) is 1.08. The molecule has 0 aromatic heterocycles. The molecule has 30 heavy (non-hydrogen) atoms. The third-order valence-corrected chi connectivity index (χ3v) is 5.88. The highest BCUT2D eigenvalue weighted by Crippen LogP contribution is 2.19. The van der Waals surface area contributed by atoms with Crippen LogP contribution in [0.25, 0.3) is 0 Å². The van der Waals surface area contributed by atoms with Crippen LogP contribution in [0.2, 0.25) is 0 Å². The van der Waals surface area contributed by atoms with E-state index in [1.165, 1.54) is 0 Å². The molecular weight excluding hydrogens is 376 g/mol. The Morgan fingerprint density at radius 1 is 1.00 bits per heavy atom. The molecule has 0 unspecified atom stereocenters. The van der Waals surface area contributed by atoms with Gasteiger partial charge in [-0.1, -0.05) is 50.2 Å². The highest BCUT2D eigenvalue weighted by Gasteiger charge is 2.27. The van der Waals surface area contributed by atoms with Crippen LogP contribution < -0.4 is 10.1 Å². The molecule has 1 aliphatic heterocycles. The molecule has 0 spiro atoms. The number of hydrogen-bond acceptors (Lipinski definition) is 3. The summed E-state index contributed by atoms with van der Waals surface area (Å²) in [6.45, 7) is 5.89. The minimum absolute atomic E-state index is 0.0768. The van der Waals surface area contributed by atoms with Crippen LogP contribution in [0.4, 0.5) is 0 Å². The number of carbonyl (C=O) groups is 2. The first-order valence-electron chi connectivity index (χ1n) is 11.0. The van der Waals surface area contributed by atoms with Crippen LogP contribution in [0.1, 0.15) is 55.5 Å². The lowest BCUT2D eigenvalue weighted by molar-refractivity contribution is -0.136. The lowest BCUT2D eigenvalue weighted by Gasteiger charge is -2.34. The van der Waals surface area contributed by atoms with E-state index in [9.17, 15) is 9.59 Å². The summed E-state index contributed by atoms with van der Waals surface area (Å²) in [4.78, 5) is 27.4. The molecule has 1 saturated heterocycles. The van der Waals surface area contributed by atoms with Crippen molar-refractivity contribution in [2.75, 3.05) is 13.1 Å². The summed E-state index contributed by atoms with van der Waals surface area (Å²) in [7, 11) is 0. The van der Waals surface area contributed by atoms with Crippen molar-refractivity contribution in [2.45, 2.75) is 52.2 Å². The fraction of sp³-hybridized carbons (Fsp3) is 0.440. The van der Waals surface area contributed by atoms with E-state index in [0.717, 1.165) is 37.0 Å². The van der Waals surface area contributed by atoms with Crippen molar-refractivity contribution in [1.29, 1.82) is 0 Å². The second kappa shape index (κ2) is 10.8. The Balaban J connectivity index is 1.55. The van der Waals surface area contributed by atoms with Gasteiger partial charge in [-0.05, 0) is 43.9 Å². The molecule has 160 valence electrons. The van der Waals surface area contributed by atoms with Crippen molar-refractivity contribution in [3.05, 3.63) is 65.7 Å². The van der Waals surface area contributed by atoms with Crippen molar-refractivity contribution in [2.24, 2.45) is 5.92 Å². The first kappa shape index (κ1) is 21.9. The third-order valence-electron chi connectivity index (χ3n) is 5.88. The summed E-state index contributed by atoms with van der Waals surface area (Å²) in [5, 5.41) is 3.16. The molecule has 2 amide bonds. The van der Waals surface area contributed by atoms with Crippen molar-refractivity contribution in [3.63, 3.8) is 0 Å². The Morgan fingerprint density at radius 2 is 1.63 bits per heavy atom. The largest absolute Gasteiger partial charge is 0.489 e. The van der Waals surface area contributed by atoms with Gasteiger partial charge in [0, 0.05) is 36.2 Å². The average Bonchev–Trinajstić information content (AvgIpc) is 2.80. The summed E-state index contributed by atoms with van der Waals surface area (Å²) in [5.41, 5.74) is 1.50. The predicted octanol–water partition coefficient (Wildman–Crippen LogP) is 4.42. The van der Waals surface area contributed by atoms with Crippen LogP contribution in [-0.4, -0.2) is 35.8 Å². The van der Waals surface area contributed by atoms with Gasteiger partial charge in [-0.15, -0.1) is 0 Å². The number of amides is 2. The molecule has 1 heterocycles. The van der Waals surface area contributed by atoms with E-state index in [-0.39, 0.29) is 23.8 Å². The van der Waals surface area contributed by atoms with Crippen molar-refractivity contribution in [1.82, 2.24) is 10.2 Å². The summed E-state index contributed by atoms with van der Waals surface area (Å²) in [6.07, 6.45) is 3.35. The van der Waals surface area contributed by atoms with Crippen LogP contribution in [0.3, 0.4) is 0 Å². The summed E-state index contributed by atoms with van der Waals surface area (Å²) < 4.78 is 5.83. The minimum atomic E-state index is -0.0768. The molecule has 0 bridgehead atoms. The van der Waals surface area contributed by atoms with Gasteiger partial charge in [-0.25, -0.2) is 0 Å². The van der Waals surface area contributed by atoms with E-state index in [1.807, 2.05) is 59.5 Å². The molecule has 0 radical (unpaired) electrons. The van der Waals surface area contributed by atoms with E-state index in [4.69, 9.17) is 4.74 Å². The Bertz CT molecular complexity index is 825. The Hall–Kier alpha value is -2.82. The maximum absolute atomic E-state index is 12.9. The minimum Gasteiger partial charge on any atom is -0.489 e. The van der Waals surface area contributed by atoms with E-state index in [0.29, 0.717) is 25.3 Å². The zero-order valence-corrected chi connectivity index (χ0v) is 18.0. The number of benzene rings is 2. The highest BCUT2D eigenvalue weighted by molar-refractivity contribution is 5.95. The molecule has 0 atom stereocenters. The van der Waals surface area contributed by atoms with Gasteiger partial charge in [0.2, 0.25) is 5.91 Å². The van der Waals surface area contributed by atoms with Gasteiger partial charge in [0.05, 0.1) is 0 Å². The smallest absolute Gasteiger partial charge is 0.251 e. The van der Waals surface area contributed by atoms with Gasteiger partial charge >= 0.3 is 0 Å². The van der Waals surface area contributed by atoms with E-state index in [2.05, 4.69) is 19.2 Å². The number of likely N-dealkylation sites (tertiary alicyclic amines) is 1. The third kappa shape index (κ3) is 5.62. The van der Waals surface area contributed by atoms with Crippen molar-refractivity contribution in [3.8, 4) is 5.75 Å². The quantitative estimate of drug-likeness (QED) is 0.703. The standard InChI is InChI=1S/C25H32N2O3/c1-3-19(4-2)25(29)27-16-14-21(15-17-27)26-24(28)23-13-9-8-10-20(23)18-30-22-11-6-5-7-12-22/h5-13,19,21H,3-4,14-18H2,1-2H3,(H,26,28). The number of nitrogens with one attached hydrogen (secondary N) is 1. The van der Waals surface area contributed by atoms with Gasteiger partial charge in [0.1, 0.15) is 12.4 Å². The number of ether oxygens (including phenoxy) is 1. The molecule has 2 aromatic carbocycles. The number of para-hydroxylation sites is 1. The average molecular weight is 409 g/mol. The SMILES string of the molecule is CCC(CC)C(=O)N1CCC(NC(=O)c2ccccc2COc2ccccc2)CC1. The van der Waals surface area contributed by atoms with Crippen LogP contribution >= 0.6 is 0 Å². The molecule has 1 fully saturated rings. The maximum atomic E-state index is 12.9. The van der Waals surface area contributed by atoms with Crippen molar-refractivity contribution < 1.29 is 14.3 Å². The van der Waals surface area contributed by atoms with Crippen LogP contribution in [0.5, 0.6) is 5.75 Å². The van der Waals surface area contributed by atoms with Crippen LogP contribution in [0, 0.1) is 5.92 Å². The molecule has 5 heteroatoms. The Labute approximate surface area is 179 Å². The monoisotopic (exact) mass is 408 g/mol. The zero-order chi connectivity index (χ0) is 21.3. The van der Waals surface area contributed by atoms with Gasteiger partial charge in [-0.3, -0.25) is 9.59 Å². The van der Waals surface area contributed by atoms with Gasteiger partial charge in [-0.2, -0.15) is 0 Å². The molecule has 5 nitrogen and oxygen atoms in total.